The number of piperidine rings is 2. The van der Waals surface area contributed by atoms with Gasteiger partial charge in [0.1, 0.15) is 0 Å². The van der Waals surface area contributed by atoms with Gasteiger partial charge >= 0.3 is 0 Å². The lowest BCUT2D eigenvalue weighted by atomic mass is 9.57. The van der Waals surface area contributed by atoms with Gasteiger partial charge in [0.2, 0.25) is 0 Å². The van der Waals surface area contributed by atoms with Crippen molar-refractivity contribution in [3.05, 3.63) is 68.6 Å². The molecule has 2 aliphatic heterocycles. The highest BCUT2D eigenvalue weighted by Gasteiger charge is 2.52. The molecule has 0 saturated carbocycles. The van der Waals surface area contributed by atoms with Crippen LogP contribution in [0.25, 0.3) is 0 Å². The Bertz CT molecular complexity index is 786. The van der Waals surface area contributed by atoms with Gasteiger partial charge in [-0.05, 0) is 87.3 Å². The molecule has 0 atom stereocenters. The summed E-state index contributed by atoms with van der Waals surface area (Å²) in [6.07, 6.45) is 3.41. The van der Waals surface area contributed by atoms with E-state index in [-0.39, 0.29) is 0 Å². The van der Waals surface area contributed by atoms with E-state index in [0.29, 0.717) is 5.78 Å². The van der Waals surface area contributed by atoms with Gasteiger partial charge in [-0.25, -0.2) is 0 Å². The maximum Gasteiger partial charge on any atom is 0.154 e. The number of Topliss-reactive ketones (excluding diaryl/α,β-unsaturated/α-hetero) is 1. The van der Waals surface area contributed by atoms with Crippen LogP contribution in [0.1, 0.15) is 36.8 Å². The van der Waals surface area contributed by atoms with E-state index < -0.39 is 10.8 Å². The van der Waals surface area contributed by atoms with E-state index in [1.807, 2.05) is 12.1 Å². The Balaban J connectivity index is 1.85. The first-order valence-corrected chi connectivity index (χ1v) is 11.6. The van der Waals surface area contributed by atoms with E-state index in [9.17, 15) is 4.79 Å². The fraction of sp³-hybridized carbons (Fsp3) is 0.435. The molecule has 148 valence electrons. The van der Waals surface area contributed by atoms with E-state index in [4.69, 9.17) is 0 Å². The molecule has 28 heavy (non-hydrogen) atoms. The molecule has 0 radical (unpaired) electrons. The van der Waals surface area contributed by atoms with Crippen molar-refractivity contribution >= 4 is 37.6 Å². The standard InChI is InChI=1S/C23H26Br2N2O/c24-19-5-1-3-17(15-19)22(7-11-26-12-8-22)21(28)23(9-13-27-14-10-23)18-4-2-6-20(25)16-18/h1-6,15-16,26-27H,7-14H2. The summed E-state index contributed by atoms with van der Waals surface area (Å²) in [7, 11) is 0. The van der Waals surface area contributed by atoms with Crippen LogP contribution in [-0.4, -0.2) is 32.0 Å². The van der Waals surface area contributed by atoms with Crippen LogP contribution < -0.4 is 10.6 Å². The molecule has 0 aliphatic carbocycles. The summed E-state index contributed by atoms with van der Waals surface area (Å²) in [6, 6.07) is 16.8. The smallest absolute Gasteiger partial charge is 0.154 e. The lowest BCUT2D eigenvalue weighted by Crippen LogP contribution is -2.56. The highest BCUT2D eigenvalue weighted by Crippen LogP contribution is 2.46. The molecule has 2 aromatic carbocycles. The molecule has 4 rings (SSSR count). The minimum absolute atomic E-state index is 0.402. The predicted octanol–water partition coefficient (Wildman–Crippen LogP) is 4.72. The Morgan fingerprint density at radius 3 is 1.46 bits per heavy atom. The van der Waals surface area contributed by atoms with Crippen molar-refractivity contribution < 1.29 is 4.79 Å². The summed E-state index contributed by atoms with van der Waals surface area (Å²) >= 11 is 7.25. The normalized spacial score (nSPS) is 21.2. The first kappa shape index (κ1) is 20.3. The van der Waals surface area contributed by atoms with Crippen LogP contribution in [0.4, 0.5) is 0 Å². The number of halogens is 2. The Morgan fingerprint density at radius 1 is 0.714 bits per heavy atom. The Kier molecular flexibility index (Phi) is 6.07. The number of carbonyl (C=O) groups excluding carboxylic acids is 1. The fourth-order valence-corrected chi connectivity index (χ4v) is 5.83. The molecule has 2 saturated heterocycles. The largest absolute Gasteiger partial charge is 0.317 e. The minimum Gasteiger partial charge on any atom is -0.317 e. The van der Waals surface area contributed by atoms with Crippen molar-refractivity contribution in [2.75, 3.05) is 26.2 Å². The quantitative estimate of drug-likeness (QED) is 0.631. The van der Waals surface area contributed by atoms with Gasteiger partial charge in [0.25, 0.3) is 0 Å². The number of benzene rings is 2. The first-order valence-electron chi connectivity index (χ1n) is 10.1. The summed E-state index contributed by atoms with van der Waals surface area (Å²) in [5.74, 6) is 0.402. The van der Waals surface area contributed by atoms with E-state index in [2.05, 4.69) is 78.9 Å². The van der Waals surface area contributed by atoms with E-state index in [1.54, 1.807) is 0 Å². The van der Waals surface area contributed by atoms with Crippen LogP contribution in [0.3, 0.4) is 0 Å². The average Bonchev–Trinajstić information content (AvgIpc) is 2.74. The number of hydrogen-bond acceptors (Lipinski definition) is 3. The molecule has 5 heteroatoms. The van der Waals surface area contributed by atoms with Crippen LogP contribution in [0, 0.1) is 0 Å². The topological polar surface area (TPSA) is 41.1 Å². The Morgan fingerprint density at radius 2 is 1.11 bits per heavy atom. The van der Waals surface area contributed by atoms with E-state index in [0.717, 1.165) is 71.9 Å². The molecule has 0 bridgehead atoms. The van der Waals surface area contributed by atoms with Crippen molar-refractivity contribution in [3.8, 4) is 0 Å². The molecule has 2 fully saturated rings. The summed E-state index contributed by atoms with van der Waals surface area (Å²) in [6.45, 7) is 3.52. The van der Waals surface area contributed by atoms with Crippen LogP contribution in [0.15, 0.2) is 57.5 Å². The number of rotatable bonds is 4. The van der Waals surface area contributed by atoms with E-state index >= 15 is 0 Å². The second kappa shape index (κ2) is 8.39. The van der Waals surface area contributed by atoms with E-state index in [1.165, 1.54) is 0 Å². The zero-order chi connectivity index (χ0) is 19.6. The molecule has 0 unspecified atom stereocenters. The zero-order valence-corrected chi connectivity index (χ0v) is 19.1. The molecule has 0 spiro atoms. The van der Waals surface area contributed by atoms with Gasteiger partial charge in [0.15, 0.2) is 5.78 Å². The SMILES string of the molecule is O=C(C1(c2cccc(Br)c2)CCNCC1)C1(c2cccc(Br)c2)CCNCC1. The highest BCUT2D eigenvalue weighted by molar-refractivity contribution is 9.10. The average molecular weight is 506 g/mol. The number of ketones is 1. The minimum atomic E-state index is -0.436. The molecule has 3 nitrogen and oxygen atoms in total. The van der Waals surface area contributed by atoms with Crippen molar-refractivity contribution in [2.24, 2.45) is 0 Å². The number of nitrogens with one attached hydrogen (secondary N) is 2. The summed E-state index contributed by atoms with van der Waals surface area (Å²) in [5, 5.41) is 6.92. The zero-order valence-electron chi connectivity index (χ0n) is 15.9. The third-order valence-corrected chi connectivity index (χ3v) is 7.52. The molecular weight excluding hydrogens is 480 g/mol. The van der Waals surface area contributed by atoms with Gasteiger partial charge in [-0.15, -0.1) is 0 Å². The predicted molar refractivity (Wildman–Crippen MR) is 121 cm³/mol. The van der Waals surface area contributed by atoms with Crippen molar-refractivity contribution in [1.29, 1.82) is 0 Å². The molecule has 2 N–H and O–H groups in total. The van der Waals surface area contributed by atoms with Crippen LogP contribution in [0.5, 0.6) is 0 Å². The first-order chi connectivity index (χ1) is 13.6. The molecule has 0 aromatic heterocycles. The van der Waals surface area contributed by atoms with Crippen molar-refractivity contribution in [2.45, 2.75) is 36.5 Å². The van der Waals surface area contributed by atoms with Gasteiger partial charge in [-0.2, -0.15) is 0 Å². The molecule has 2 heterocycles. The lowest BCUT2D eigenvalue weighted by Gasteiger charge is -2.46. The number of hydrogen-bond donors (Lipinski definition) is 2. The lowest BCUT2D eigenvalue weighted by molar-refractivity contribution is -0.132. The van der Waals surface area contributed by atoms with Crippen molar-refractivity contribution in [1.82, 2.24) is 10.6 Å². The second-order valence-electron chi connectivity index (χ2n) is 8.01. The summed E-state index contributed by atoms with van der Waals surface area (Å²) in [5.41, 5.74) is 1.44. The maximum absolute atomic E-state index is 14.5. The molecule has 0 amide bonds. The van der Waals surface area contributed by atoms with Gasteiger partial charge in [-0.3, -0.25) is 4.79 Å². The highest BCUT2D eigenvalue weighted by atomic mass is 79.9. The Labute approximate surface area is 183 Å². The van der Waals surface area contributed by atoms with Crippen LogP contribution in [0.2, 0.25) is 0 Å². The van der Waals surface area contributed by atoms with Gasteiger partial charge in [0, 0.05) is 8.95 Å². The third kappa shape index (κ3) is 3.62. The molecular formula is C23H26Br2N2O. The van der Waals surface area contributed by atoms with Gasteiger partial charge < -0.3 is 10.6 Å². The summed E-state index contributed by atoms with van der Waals surface area (Å²) < 4.78 is 2.08. The number of carbonyl (C=O) groups is 1. The van der Waals surface area contributed by atoms with Crippen LogP contribution >= 0.6 is 31.9 Å². The van der Waals surface area contributed by atoms with Crippen molar-refractivity contribution in [3.63, 3.8) is 0 Å². The van der Waals surface area contributed by atoms with Gasteiger partial charge in [-0.1, -0.05) is 56.1 Å². The Hall–Kier alpha value is -1.01. The van der Waals surface area contributed by atoms with Crippen LogP contribution in [-0.2, 0) is 15.6 Å². The molecule has 2 aromatic rings. The fourth-order valence-electron chi connectivity index (χ4n) is 5.03. The monoisotopic (exact) mass is 504 g/mol. The third-order valence-electron chi connectivity index (χ3n) is 6.54. The molecule has 2 aliphatic rings. The maximum atomic E-state index is 14.5. The second-order valence-corrected chi connectivity index (χ2v) is 9.85. The van der Waals surface area contributed by atoms with Gasteiger partial charge in [0.05, 0.1) is 10.8 Å². The summed E-state index contributed by atoms with van der Waals surface area (Å²) in [4.78, 5) is 14.5.